The predicted molar refractivity (Wildman–Crippen MR) is 157 cm³/mol. The van der Waals surface area contributed by atoms with Crippen LogP contribution in [0, 0.1) is 0 Å². The van der Waals surface area contributed by atoms with E-state index in [4.69, 9.17) is 0 Å². The molecule has 0 saturated heterocycles. The van der Waals surface area contributed by atoms with E-state index in [1.54, 1.807) is 0 Å². The minimum absolute atomic E-state index is 1.17. The molecule has 0 aliphatic carbocycles. The fraction of sp³-hybridized carbons (Fsp3) is 0. The summed E-state index contributed by atoms with van der Waals surface area (Å²) in [5, 5.41) is 7.73. The molecule has 0 spiro atoms. The molecule has 2 heteroatoms. The number of benzene rings is 6. The summed E-state index contributed by atoms with van der Waals surface area (Å²) in [6.07, 6.45) is 0. The van der Waals surface area contributed by atoms with E-state index in [0.29, 0.717) is 0 Å². The first-order valence-electron chi connectivity index (χ1n) is 12.3. The van der Waals surface area contributed by atoms with E-state index in [0.717, 1.165) is 0 Å². The van der Waals surface area contributed by atoms with Crippen LogP contribution in [0.15, 0.2) is 121 Å². The summed E-state index contributed by atoms with van der Waals surface area (Å²) >= 11 is 1.87. The van der Waals surface area contributed by atoms with Gasteiger partial charge in [-0.2, -0.15) is 0 Å². The maximum absolute atomic E-state index is 3.81. The van der Waals surface area contributed by atoms with Gasteiger partial charge in [-0.25, -0.2) is 0 Å². The molecule has 0 amide bonds. The third kappa shape index (κ3) is 2.76. The van der Waals surface area contributed by atoms with Gasteiger partial charge in [0.25, 0.3) is 0 Å². The average Bonchev–Trinajstić information content (AvgIpc) is 3.51. The Hall–Kier alpha value is -4.40. The zero-order chi connectivity index (χ0) is 23.6. The minimum atomic E-state index is 1.17. The molecule has 0 atom stereocenters. The van der Waals surface area contributed by atoms with Crippen molar-refractivity contribution in [2.45, 2.75) is 0 Å². The van der Waals surface area contributed by atoms with Crippen LogP contribution in [0.25, 0.3) is 75.0 Å². The maximum Gasteiger partial charge on any atom is 0.0551 e. The summed E-state index contributed by atoms with van der Waals surface area (Å²) in [5.74, 6) is 0. The molecule has 0 radical (unpaired) electrons. The molecular weight excluding hydrogens is 454 g/mol. The lowest BCUT2D eigenvalue weighted by atomic mass is 9.88. The highest BCUT2D eigenvalue weighted by Gasteiger charge is 2.20. The molecule has 36 heavy (non-hydrogen) atoms. The minimum Gasteiger partial charge on any atom is -0.354 e. The van der Waals surface area contributed by atoms with Crippen LogP contribution in [0.1, 0.15) is 0 Å². The Kier molecular flexibility index (Phi) is 4.16. The van der Waals surface area contributed by atoms with Gasteiger partial charge in [0.1, 0.15) is 0 Å². The van der Waals surface area contributed by atoms with Gasteiger partial charge in [-0.3, -0.25) is 0 Å². The first kappa shape index (κ1) is 19.9. The van der Waals surface area contributed by atoms with Crippen LogP contribution in [-0.4, -0.2) is 4.98 Å². The third-order valence-electron chi connectivity index (χ3n) is 7.43. The SMILES string of the molecule is c1ccc2c(-c3ccc4c([nH]c5ccccc54)c3-c3cccc4sc5ccccc5c34)cccc2c1. The number of hydrogen-bond donors (Lipinski definition) is 1. The fourth-order valence-corrected chi connectivity index (χ4v) is 7.00. The number of thiophene rings is 1. The highest BCUT2D eigenvalue weighted by Crippen LogP contribution is 2.47. The van der Waals surface area contributed by atoms with Gasteiger partial charge in [-0.15, -0.1) is 11.3 Å². The number of fused-ring (bicyclic) bond motifs is 7. The lowest BCUT2D eigenvalue weighted by molar-refractivity contribution is 1.54. The van der Waals surface area contributed by atoms with E-state index in [1.807, 2.05) is 11.3 Å². The summed E-state index contributed by atoms with van der Waals surface area (Å²) in [5.41, 5.74) is 7.45. The van der Waals surface area contributed by atoms with Crippen LogP contribution in [0.4, 0.5) is 0 Å². The number of nitrogens with one attached hydrogen (secondary N) is 1. The standard InChI is InChI=1S/C34H21NS/c1-2-11-22-21(9-1)10-7-14-23(22)25-19-20-26-24-12-3-5-16-29(24)35-34(26)33(25)28-15-8-18-31-32(28)27-13-4-6-17-30(27)36-31/h1-20,35H. The van der Waals surface area contributed by atoms with Crippen molar-refractivity contribution in [3.8, 4) is 22.3 Å². The third-order valence-corrected chi connectivity index (χ3v) is 8.57. The Morgan fingerprint density at radius 2 is 1.14 bits per heavy atom. The molecular formula is C34H21NS. The van der Waals surface area contributed by atoms with Crippen LogP contribution in [0.2, 0.25) is 0 Å². The van der Waals surface area contributed by atoms with E-state index in [-0.39, 0.29) is 0 Å². The van der Waals surface area contributed by atoms with Gasteiger partial charge in [0.05, 0.1) is 5.52 Å². The predicted octanol–water partition coefficient (Wildman–Crippen LogP) is 10.2. The smallest absolute Gasteiger partial charge is 0.0551 e. The second kappa shape index (κ2) is 7.55. The molecule has 1 N–H and O–H groups in total. The molecule has 0 aliphatic heterocycles. The van der Waals surface area contributed by atoms with E-state index in [9.17, 15) is 0 Å². The molecule has 0 unspecified atom stereocenters. The van der Waals surface area contributed by atoms with Gasteiger partial charge >= 0.3 is 0 Å². The molecule has 8 aromatic rings. The number of rotatable bonds is 2. The number of H-pyrrole nitrogens is 1. The van der Waals surface area contributed by atoms with Crippen molar-refractivity contribution in [1.29, 1.82) is 0 Å². The van der Waals surface area contributed by atoms with Crippen molar-refractivity contribution in [3.05, 3.63) is 121 Å². The first-order valence-corrected chi connectivity index (χ1v) is 13.1. The van der Waals surface area contributed by atoms with Crippen molar-refractivity contribution in [2.24, 2.45) is 0 Å². The summed E-state index contributed by atoms with van der Waals surface area (Å²) < 4.78 is 2.65. The molecule has 1 nitrogen and oxygen atoms in total. The summed E-state index contributed by atoms with van der Waals surface area (Å²) in [6, 6.07) is 44.1. The second-order valence-corrected chi connectivity index (χ2v) is 10.5. The Labute approximate surface area is 212 Å². The van der Waals surface area contributed by atoms with Crippen molar-refractivity contribution >= 4 is 64.1 Å². The topological polar surface area (TPSA) is 15.8 Å². The van der Waals surface area contributed by atoms with Crippen molar-refractivity contribution in [2.75, 3.05) is 0 Å². The van der Waals surface area contributed by atoms with Crippen LogP contribution in [-0.2, 0) is 0 Å². The Morgan fingerprint density at radius 3 is 2.08 bits per heavy atom. The normalized spacial score (nSPS) is 11.9. The lowest BCUT2D eigenvalue weighted by Gasteiger charge is -2.15. The molecule has 0 bridgehead atoms. The van der Waals surface area contributed by atoms with Crippen LogP contribution in [0.5, 0.6) is 0 Å². The number of hydrogen-bond acceptors (Lipinski definition) is 1. The molecule has 2 heterocycles. The van der Waals surface area contributed by atoms with E-state index < -0.39 is 0 Å². The van der Waals surface area contributed by atoms with Crippen molar-refractivity contribution in [3.63, 3.8) is 0 Å². The first-order chi connectivity index (χ1) is 17.9. The maximum atomic E-state index is 3.81. The molecule has 0 saturated carbocycles. The lowest BCUT2D eigenvalue weighted by Crippen LogP contribution is -1.90. The second-order valence-electron chi connectivity index (χ2n) is 9.38. The average molecular weight is 476 g/mol. The van der Waals surface area contributed by atoms with Crippen LogP contribution < -0.4 is 0 Å². The van der Waals surface area contributed by atoms with Crippen LogP contribution in [0.3, 0.4) is 0 Å². The Bertz CT molecular complexity index is 2100. The largest absolute Gasteiger partial charge is 0.354 e. The molecule has 6 aromatic carbocycles. The zero-order valence-electron chi connectivity index (χ0n) is 19.5. The van der Waals surface area contributed by atoms with Crippen LogP contribution >= 0.6 is 11.3 Å². The Morgan fingerprint density at radius 1 is 0.444 bits per heavy atom. The zero-order valence-corrected chi connectivity index (χ0v) is 20.3. The van der Waals surface area contributed by atoms with E-state index in [2.05, 4.69) is 126 Å². The molecule has 0 fully saturated rings. The van der Waals surface area contributed by atoms with Gasteiger partial charge in [-0.1, -0.05) is 103 Å². The van der Waals surface area contributed by atoms with Crippen molar-refractivity contribution in [1.82, 2.24) is 4.98 Å². The van der Waals surface area contributed by atoms with E-state index >= 15 is 0 Å². The number of aromatic nitrogens is 1. The van der Waals surface area contributed by atoms with Gasteiger partial charge in [0.15, 0.2) is 0 Å². The quantitative estimate of drug-likeness (QED) is 0.256. The van der Waals surface area contributed by atoms with Gasteiger partial charge in [0, 0.05) is 42.0 Å². The monoisotopic (exact) mass is 475 g/mol. The van der Waals surface area contributed by atoms with Gasteiger partial charge < -0.3 is 4.98 Å². The molecule has 168 valence electrons. The fourth-order valence-electron chi connectivity index (χ4n) is 5.87. The van der Waals surface area contributed by atoms with Gasteiger partial charge in [-0.05, 0) is 45.7 Å². The summed E-state index contributed by atoms with van der Waals surface area (Å²) in [6.45, 7) is 0. The highest BCUT2D eigenvalue weighted by atomic mass is 32.1. The Balaban J connectivity index is 1.59. The van der Waals surface area contributed by atoms with Gasteiger partial charge in [0.2, 0.25) is 0 Å². The van der Waals surface area contributed by atoms with Crippen molar-refractivity contribution < 1.29 is 0 Å². The van der Waals surface area contributed by atoms with E-state index in [1.165, 1.54) is 75.0 Å². The number of aromatic amines is 1. The summed E-state index contributed by atoms with van der Waals surface area (Å²) in [7, 11) is 0. The summed E-state index contributed by atoms with van der Waals surface area (Å²) in [4.78, 5) is 3.81. The number of para-hydroxylation sites is 1. The molecule has 8 rings (SSSR count). The highest BCUT2D eigenvalue weighted by molar-refractivity contribution is 7.25. The molecule has 2 aromatic heterocycles. The molecule has 0 aliphatic rings.